The van der Waals surface area contributed by atoms with E-state index in [0.717, 1.165) is 17.4 Å². The van der Waals surface area contributed by atoms with E-state index < -0.39 is 6.43 Å². The predicted molar refractivity (Wildman–Crippen MR) is 97.7 cm³/mol. The van der Waals surface area contributed by atoms with E-state index in [-0.39, 0.29) is 22.8 Å². The maximum atomic E-state index is 13.6. The Kier molecular flexibility index (Phi) is 4.59. The van der Waals surface area contributed by atoms with Crippen LogP contribution in [-0.4, -0.2) is 38.5 Å². The molecule has 1 aromatic carbocycles. The van der Waals surface area contributed by atoms with E-state index in [0.29, 0.717) is 30.3 Å². The number of piperidine rings is 1. The predicted octanol–water partition coefficient (Wildman–Crippen LogP) is 4.21. The van der Waals surface area contributed by atoms with E-state index in [4.69, 9.17) is 0 Å². The second kappa shape index (κ2) is 7.06. The van der Waals surface area contributed by atoms with Gasteiger partial charge in [0.05, 0.1) is 11.9 Å². The Bertz CT molecular complexity index is 971. The third kappa shape index (κ3) is 3.29. The van der Waals surface area contributed by atoms with Gasteiger partial charge in [0.2, 0.25) is 0 Å². The first-order valence-electron chi connectivity index (χ1n) is 9.06. The summed E-state index contributed by atoms with van der Waals surface area (Å²) in [7, 11) is 0. The van der Waals surface area contributed by atoms with Gasteiger partial charge >= 0.3 is 0 Å². The zero-order valence-electron chi connectivity index (χ0n) is 15.0. The first-order valence-corrected chi connectivity index (χ1v) is 9.06. The lowest BCUT2D eigenvalue weighted by molar-refractivity contribution is 0.0684. The number of carbonyl (C=O) groups excluding carboxylic acids is 1. The van der Waals surface area contributed by atoms with Crippen molar-refractivity contribution in [2.75, 3.05) is 13.1 Å². The van der Waals surface area contributed by atoms with Crippen LogP contribution in [0.15, 0.2) is 42.6 Å². The van der Waals surface area contributed by atoms with E-state index >= 15 is 0 Å². The quantitative estimate of drug-likeness (QED) is 0.694. The number of aromatic nitrogens is 3. The smallest absolute Gasteiger partial charge is 0.280 e. The SMILES string of the molecule is C[C@H]1CCCN(C(=O)c2cnn3c(C(F)F)cc(-c4ccccc4)nc23)C1. The van der Waals surface area contributed by atoms with Gasteiger partial charge in [-0.15, -0.1) is 0 Å². The van der Waals surface area contributed by atoms with Gasteiger partial charge < -0.3 is 4.90 Å². The summed E-state index contributed by atoms with van der Waals surface area (Å²) in [4.78, 5) is 19.3. The molecule has 0 aliphatic carbocycles. The molecule has 140 valence electrons. The van der Waals surface area contributed by atoms with Crippen LogP contribution < -0.4 is 0 Å². The highest BCUT2D eigenvalue weighted by molar-refractivity contribution is 6.00. The molecule has 1 aliphatic rings. The van der Waals surface area contributed by atoms with Crippen molar-refractivity contribution in [3.8, 4) is 11.3 Å². The average Bonchev–Trinajstić information content (AvgIpc) is 3.11. The molecule has 7 heteroatoms. The van der Waals surface area contributed by atoms with Crippen molar-refractivity contribution in [1.29, 1.82) is 0 Å². The molecule has 0 spiro atoms. The van der Waals surface area contributed by atoms with E-state index in [1.165, 1.54) is 12.3 Å². The molecule has 4 rings (SSSR count). The van der Waals surface area contributed by atoms with Crippen LogP contribution in [0.5, 0.6) is 0 Å². The van der Waals surface area contributed by atoms with Gasteiger partial charge in [-0.25, -0.2) is 18.3 Å². The van der Waals surface area contributed by atoms with Crippen molar-refractivity contribution in [2.24, 2.45) is 5.92 Å². The topological polar surface area (TPSA) is 50.5 Å². The lowest BCUT2D eigenvalue weighted by Crippen LogP contribution is -2.39. The molecule has 1 fully saturated rings. The minimum Gasteiger partial charge on any atom is -0.338 e. The maximum absolute atomic E-state index is 13.6. The number of halogens is 2. The second-order valence-corrected chi connectivity index (χ2v) is 7.03. The van der Waals surface area contributed by atoms with E-state index in [2.05, 4.69) is 17.0 Å². The molecule has 0 saturated carbocycles. The number of fused-ring (bicyclic) bond motifs is 1. The van der Waals surface area contributed by atoms with Gasteiger partial charge in [-0.05, 0) is 24.8 Å². The van der Waals surface area contributed by atoms with Crippen LogP contribution in [0.4, 0.5) is 8.78 Å². The first-order chi connectivity index (χ1) is 13.0. The van der Waals surface area contributed by atoms with Crippen LogP contribution in [0.2, 0.25) is 0 Å². The maximum Gasteiger partial charge on any atom is 0.280 e. The van der Waals surface area contributed by atoms with Crippen LogP contribution in [-0.2, 0) is 0 Å². The Hall–Kier alpha value is -2.83. The Morgan fingerprint density at radius 1 is 1.26 bits per heavy atom. The summed E-state index contributed by atoms with van der Waals surface area (Å²) in [6, 6.07) is 10.4. The van der Waals surface area contributed by atoms with Crippen molar-refractivity contribution < 1.29 is 13.6 Å². The molecule has 0 bridgehead atoms. The minimum absolute atomic E-state index is 0.176. The normalized spacial score (nSPS) is 17.6. The molecule has 1 atom stereocenters. The molecule has 3 aromatic rings. The molecular formula is C20H20F2N4O. The van der Waals surface area contributed by atoms with E-state index in [1.54, 1.807) is 17.0 Å². The van der Waals surface area contributed by atoms with Crippen molar-refractivity contribution in [1.82, 2.24) is 19.5 Å². The first kappa shape index (κ1) is 17.6. The highest BCUT2D eigenvalue weighted by Crippen LogP contribution is 2.27. The fraction of sp³-hybridized carbons (Fsp3) is 0.350. The molecule has 1 saturated heterocycles. The Morgan fingerprint density at radius 3 is 2.74 bits per heavy atom. The van der Waals surface area contributed by atoms with Crippen molar-refractivity contribution in [3.63, 3.8) is 0 Å². The molecule has 0 N–H and O–H groups in total. The molecule has 0 unspecified atom stereocenters. The zero-order valence-corrected chi connectivity index (χ0v) is 15.0. The molecule has 2 aromatic heterocycles. The fourth-order valence-corrected chi connectivity index (χ4v) is 3.59. The van der Waals surface area contributed by atoms with Gasteiger partial charge in [0.25, 0.3) is 12.3 Å². The standard InChI is InChI=1S/C20H20F2N4O/c1-13-6-5-9-25(12-13)20(27)15-11-23-26-17(18(21)22)10-16(24-19(15)26)14-7-3-2-4-8-14/h2-4,7-8,10-11,13,18H,5-6,9,12H2,1H3/t13-/m0/s1. The van der Waals surface area contributed by atoms with Gasteiger partial charge in [-0.1, -0.05) is 37.3 Å². The summed E-state index contributed by atoms with van der Waals surface area (Å²) in [6.45, 7) is 3.44. The highest BCUT2D eigenvalue weighted by atomic mass is 19.3. The van der Waals surface area contributed by atoms with Gasteiger partial charge in [0.1, 0.15) is 11.3 Å². The Labute approximate surface area is 155 Å². The average molecular weight is 370 g/mol. The van der Waals surface area contributed by atoms with Gasteiger partial charge in [-0.3, -0.25) is 4.79 Å². The van der Waals surface area contributed by atoms with Crippen LogP contribution in [0.1, 0.15) is 42.2 Å². The van der Waals surface area contributed by atoms with Crippen molar-refractivity contribution in [2.45, 2.75) is 26.2 Å². The zero-order chi connectivity index (χ0) is 19.0. The summed E-state index contributed by atoms with van der Waals surface area (Å²) in [5, 5.41) is 4.04. The number of hydrogen-bond donors (Lipinski definition) is 0. The van der Waals surface area contributed by atoms with Gasteiger partial charge in [0, 0.05) is 18.7 Å². The minimum atomic E-state index is -2.73. The fourth-order valence-electron chi connectivity index (χ4n) is 3.59. The second-order valence-electron chi connectivity index (χ2n) is 7.03. The summed E-state index contributed by atoms with van der Waals surface area (Å²) in [5.74, 6) is 0.225. The van der Waals surface area contributed by atoms with Crippen LogP contribution in [0.3, 0.4) is 0 Å². The van der Waals surface area contributed by atoms with Crippen LogP contribution in [0, 0.1) is 5.92 Å². The van der Waals surface area contributed by atoms with Gasteiger partial charge in [0.15, 0.2) is 5.65 Å². The molecule has 0 radical (unpaired) electrons. The summed E-state index contributed by atoms with van der Waals surface area (Å²) < 4.78 is 28.3. The molecule has 5 nitrogen and oxygen atoms in total. The number of hydrogen-bond acceptors (Lipinski definition) is 3. The summed E-state index contributed by atoms with van der Waals surface area (Å²) in [6.07, 6.45) is 0.655. The number of likely N-dealkylation sites (tertiary alicyclic amines) is 1. The highest BCUT2D eigenvalue weighted by Gasteiger charge is 2.27. The number of benzene rings is 1. The number of rotatable bonds is 3. The number of alkyl halides is 2. The van der Waals surface area contributed by atoms with Crippen molar-refractivity contribution >= 4 is 11.6 Å². The largest absolute Gasteiger partial charge is 0.338 e. The molecule has 3 heterocycles. The Balaban J connectivity index is 1.83. The molecule has 1 aliphatic heterocycles. The summed E-state index contributed by atoms with van der Waals surface area (Å²) in [5.41, 5.74) is 1.29. The van der Waals surface area contributed by atoms with Crippen molar-refractivity contribution in [3.05, 3.63) is 53.9 Å². The third-order valence-electron chi connectivity index (χ3n) is 4.97. The lowest BCUT2D eigenvalue weighted by atomic mass is 10.00. The number of amides is 1. The number of carbonyl (C=O) groups is 1. The molecular weight excluding hydrogens is 350 g/mol. The number of nitrogens with zero attached hydrogens (tertiary/aromatic N) is 4. The molecule has 1 amide bonds. The van der Waals surface area contributed by atoms with Gasteiger partial charge in [-0.2, -0.15) is 5.10 Å². The lowest BCUT2D eigenvalue weighted by Gasteiger charge is -2.30. The van der Waals surface area contributed by atoms with E-state index in [9.17, 15) is 13.6 Å². The van der Waals surface area contributed by atoms with Crippen LogP contribution >= 0.6 is 0 Å². The molecule has 27 heavy (non-hydrogen) atoms. The Morgan fingerprint density at radius 2 is 2.04 bits per heavy atom. The summed E-state index contributed by atoms with van der Waals surface area (Å²) >= 11 is 0. The van der Waals surface area contributed by atoms with E-state index in [1.807, 2.05) is 18.2 Å². The monoisotopic (exact) mass is 370 g/mol. The third-order valence-corrected chi connectivity index (χ3v) is 4.97. The van der Waals surface area contributed by atoms with Crippen LogP contribution in [0.25, 0.3) is 16.9 Å².